The molecular weight excluding hydrogens is 348 g/mol. The number of aryl methyl sites for hydroxylation is 1. The van der Waals surface area contributed by atoms with Gasteiger partial charge in [-0.25, -0.2) is 4.79 Å². The van der Waals surface area contributed by atoms with Gasteiger partial charge in [-0.2, -0.15) is 0 Å². The molecule has 138 valence electrons. The molecule has 0 bridgehead atoms. The van der Waals surface area contributed by atoms with Crippen molar-refractivity contribution < 1.29 is 14.3 Å². The number of carbonyl (C=O) groups is 2. The van der Waals surface area contributed by atoms with Crippen LogP contribution in [0.5, 0.6) is 5.75 Å². The van der Waals surface area contributed by atoms with Crippen LogP contribution in [0.4, 0.5) is 0 Å². The Morgan fingerprint density at radius 2 is 1.43 bits per heavy atom. The van der Waals surface area contributed by atoms with Crippen molar-refractivity contribution in [2.45, 2.75) is 6.92 Å². The standard InChI is InChI=1S/C25H20O3/c1-19-10-14-22(15-11-19)24(26)16-12-21-8-5-9-23(18-21)28-25(27)17-13-20-6-3-2-4-7-20/h2-18H,1H3. The third-order valence-corrected chi connectivity index (χ3v) is 4.05. The minimum atomic E-state index is -0.458. The summed E-state index contributed by atoms with van der Waals surface area (Å²) in [4.78, 5) is 24.2. The van der Waals surface area contributed by atoms with Gasteiger partial charge in [0.25, 0.3) is 0 Å². The van der Waals surface area contributed by atoms with Crippen molar-refractivity contribution in [1.29, 1.82) is 0 Å². The molecule has 0 saturated carbocycles. The molecule has 3 nitrogen and oxygen atoms in total. The molecule has 0 fully saturated rings. The van der Waals surface area contributed by atoms with Crippen molar-refractivity contribution in [3.63, 3.8) is 0 Å². The highest BCUT2D eigenvalue weighted by Gasteiger charge is 2.03. The van der Waals surface area contributed by atoms with Crippen molar-refractivity contribution in [3.05, 3.63) is 113 Å². The fourth-order valence-electron chi connectivity index (χ4n) is 2.55. The lowest BCUT2D eigenvalue weighted by molar-refractivity contribution is -0.128. The molecule has 3 aromatic rings. The highest BCUT2D eigenvalue weighted by atomic mass is 16.5. The van der Waals surface area contributed by atoms with Crippen LogP contribution in [0.3, 0.4) is 0 Å². The average Bonchev–Trinajstić information content (AvgIpc) is 2.72. The van der Waals surface area contributed by atoms with E-state index in [1.807, 2.05) is 55.5 Å². The van der Waals surface area contributed by atoms with E-state index in [0.29, 0.717) is 11.3 Å². The third kappa shape index (κ3) is 5.64. The Morgan fingerprint density at radius 3 is 2.18 bits per heavy atom. The zero-order valence-electron chi connectivity index (χ0n) is 15.5. The number of rotatable bonds is 6. The molecule has 3 aromatic carbocycles. The van der Waals surface area contributed by atoms with Crippen molar-refractivity contribution in [2.75, 3.05) is 0 Å². The molecule has 0 spiro atoms. The molecule has 0 atom stereocenters. The molecule has 28 heavy (non-hydrogen) atoms. The summed E-state index contributed by atoms with van der Waals surface area (Å²) in [5.41, 5.74) is 3.44. The maximum Gasteiger partial charge on any atom is 0.336 e. The zero-order valence-corrected chi connectivity index (χ0v) is 15.5. The second-order valence-electron chi connectivity index (χ2n) is 6.30. The number of benzene rings is 3. The Labute approximate surface area is 164 Å². The van der Waals surface area contributed by atoms with E-state index >= 15 is 0 Å². The molecule has 0 heterocycles. The van der Waals surface area contributed by atoms with Crippen molar-refractivity contribution in [1.82, 2.24) is 0 Å². The first-order chi connectivity index (χ1) is 13.6. The summed E-state index contributed by atoms with van der Waals surface area (Å²) < 4.78 is 5.34. The van der Waals surface area contributed by atoms with Gasteiger partial charge in [0.1, 0.15) is 5.75 Å². The van der Waals surface area contributed by atoms with E-state index in [2.05, 4.69) is 0 Å². The number of hydrogen-bond donors (Lipinski definition) is 0. The molecular formula is C25H20O3. The van der Waals surface area contributed by atoms with Gasteiger partial charge in [-0.05, 0) is 42.3 Å². The number of ketones is 1. The Balaban J connectivity index is 1.63. The van der Waals surface area contributed by atoms with Gasteiger partial charge in [0.2, 0.25) is 0 Å². The molecule has 0 aliphatic heterocycles. The van der Waals surface area contributed by atoms with Crippen LogP contribution < -0.4 is 4.74 Å². The molecule has 0 amide bonds. The van der Waals surface area contributed by atoms with Crippen LogP contribution in [0.1, 0.15) is 27.0 Å². The quantitative estimate of drug-likeness (QED) is 0.249. The number of ether oxygens (including phenoxy) is 1. The second-order valence-corrected chi connectivity index (χ2v) is 6.30. The Morgan fingerprint density at radius 1 is 0.750 bits per heavy atom. The van der Waals surface area contributed by atoms with E-state index in [1.165, 1.54) is 12.2 Å². The largest absolute Gasteiger partial charge is 0.423 e. The van der Waals surface area contributed by atoms with Gasteiger partial charge >= 0.3 is 5.97 Å². The Hall–Kier alpha value is -3.72. The summed E-state index contributed by atoms with van der Waals surface area (Å²) in [5.74, 6) is -0.110. The van der Waals surface area contributed by atoms with Crippen LogP contribution in [0, 0.1) is 6.92 Å². The van der Waals surface area contributed by atoms with Crippen LogP contribution in [0.2, 0.25) is 0 Å². The second kappa shape index (κ2) is 9.28. The van der Waals surface area contributed by atoms with E-state index in [-0.39, 0.29) is 5.78 Å². The average molecular weight is 368 g/mol. The van der Waals surface area contributed by atoms with E-state index in [0.717, 1.165) is 16.7 Å². The monoisotopic (exact) mass is 368 g/mol. The molecule has 3 heteroatoms. The summed E-state index contributed by atoms with van der Waals surface area (Å²) in [6.07, 6.45) is 6.31. The van der Waals surface area contributed by atoms with Gasteiger partial charge in [-0.1, -0.05) is 78.4 Å². The Bertz CT molecular complexity index is 1010. The van der Waals surface area contributed by atoms with Gasteiger partial charge in [0, 0.05) is 11.6 Å². The van der Waals surface area contributed by atoms with Gasteiger partial charge < -0.3 is 4.74 Å². The highest BCUT2D eigenvalue weighted by Crippen LogP contribution is 2.16. The lowest BCUT2D eigenvalue weighted by atomic mass is 10.1. The van der Waals surface area contributed by atoms with E-state index in [9.17, 15) is 9.59 Å². The third-order valence-electron chi connectivity index (χ3n) is 4.05. The lowest BCUT2D eigenvalue weighted by Gasteiger charge is -2.02. The maximum atomic E-state index is 12.2. The summed E-state index contributed by atoms with van der Waals surface area (Å²) in [5, 5.41) is 0. The minimum absolute atomic E-state index is 0.0757. The summed E-state index contributed by atoms with van der Waals surface area (Å²) >= 11 is 0. The molecule has 0 aliphatic carbocycles. The number of carbonyl (C=O) groups excluding carboxylic acids is 2. The smallest absolute Gasteiger partial charge is 0.336 e. The first-order valence-electron chi connectivity index (χ1n) is 8.94. The first-order valence-corrected chi connectivity index (χ1v) is 8.94. The van der Waals surface area contributed by atoms with E-state index < -0.39 is 5.97 Å². The SMILES string of the molecule is Cc1ccc(C(=O)C=Cc2cccc(OC(=O)C=Cc3ccccc3)c2)cc1. The molecule has 0 N–H and O–H groups in total. The summed E-state index contributed by atoms with van der Waals surface area (Å²) in [7, 11) is 0. The van der Waals surface area contributed by atoms with Crippen LogP contribution in [-0.4, -0.2) is 11.8 Å². The van der Waals surface area contributed by atoms with Crippen molar-refractivity contribution >= 4 is 23.9 Å². The number of allylic oxidation sites excluding steroid dienone is 1. The molecule has 0 aromatic heterocycles. The molecule has 0 aliphatic rings. The molecule has 0 unspecified atom stereocenters. The van der Waals surface area contributed by atoms with Crippen LogP contribution in [-0.2, 0) is 4.79 Å². The fourth-order valence-corrected chi connectivity index (χ4v) is 2.55. The van der Waals surface area contributed by atoms with Gasteiger partial charge in [-0.3, -0.25) is 4.79 Å². The van der Waals surface area contributed by atoms with Crippen LogP contribution in [0.25, 0.3) is 12.2 Å². The van der Waals surface area contributed by atoms with E-state index in [1.54, 1.807) is 42.5 Å². The number of hydrogen-bond acceptors (Lipinski definition) is 3. The van der Waals surface area contributed by atoms with Crippen LogP contribution in [0.15, 0.2) is 91.0 Å². The topological polar surface area (TPSA) is 43.4 Å². The van der Waals surface area contributed by atoms with Gasteiger partial charge in [0.05, 0.1) is 0 Å². The van der Waals surface area contributed by atoms with Crippen molar-refractivity contribution in [2.24, 2.45) is 0 Å². The summed E-state index contributed by atoms with van der Waals surface area (Å²) in [6, 6.07) is 24.0. The first kappa shape index (κ1) is 19.1. The highest BCUT2D eigenvalue weighted by molar-refractivity contribution is 6.06. The van der Waals surface area contributed by atoms with Gasteiger partial charge in [0.15, 0.2) is 5.78 Å². The molecule has 0 saturated heterocycles. The maximum absolute atomic E-state index is 12.2. The minimum Gasteiger partial charge on any atom is -0.423 e. The fraction of sp³-hybridized carbons (Fsp3) is 0.0400. The molecule has 3 rings (SSSR count). The van der Waals surface area contributed by atoms with Gasteiger partial charge in [-0.15, -0.1) is 0 Å². The van der Waals surface area contributed by atoms with Crippen LogP contribution >= 0.6 is 0 Å². The van der Waals surface area contributed by atoms with Crippen molar-refractivity contribution in [3.8, 4) is 5.75 Å². The predicted octanol–water partition coefficient (Wildman–Crippen LogP) is 5.51. The summed E-state index contributed by atoms with van der Waals surface area (Å²) in [6.45, 7) is 1.98. The Kier molecular flexibility index (Phi) is 6.32. The lowest BCUT2D eigenvalue weighted by Crippen LogP contribution is -2.03. The zero-order chi connectivity index (χ0) is 19.8. The molecule has 0 radical (unpaired) electrons. The number of esters is 1. The normalized spacial score (nSPS) is 11.0. The predicted molar refractivity (Wildman–Crippen MR) is 112 cm³/mol. The van der Waals surface area contributed by atoms with E-state index in [4.69, 9.17) is 4.74 Å².